The van der Waals surface area contributed by atoms with Crippen LogP contribution in [0.25, 0.3) is 0 Å². The first-order valence-electron chi connectivity index (χ1n) is 15.8. The van der Waals surface area contributed by atoms with Gasteiger partial charge >= 0.3 is 0 Å². The average molecular weight is 535 g/mol. The third-order valence-corrected chi connectivity index (χ3v) is 8.84. The molecule has 1 saturated heterocycles. The smallest absolute Gasteiger partial charge is 0.232 e. The van der Waals surface area contributed by atoms with Gasteiger partial charge in [0, 0.05) is 36.7 Å². The summed E-state index contributed by atoms with van der Waals surface area (Å²) < 4.78 is 0. The minimum atomic E-state index is 0.474. The summed E-state index contributed by atoms with van der Waals surface area (Å²) in [7, 11) is 0. The third-order valence-electron chi connectivity index (χ3n) is 7.58. The van der Waals surface area contributed by atoms with Gasteiger partial charge in [0.25, 0.3) is 0 Å². The Morgan fingerprint density at radius 2 is 1.14 bits per heavy atom. The van der Waals surface area contributed by atoms with Crippen molar-refractivity contribution in [1.29, 1.82) is 0 Å². The first kappa shape index (κ1) is 32.0. The molecule has 6 nitrogen and oxygen atoms in total. The van der Waals surface area contributed by atoms with Gasteiger partial charge in [0.05, 0.1) is 0 Å². The molecule has 0 aliphatic carbocycles. The van der Waals surface area contributed by atoms with Crippen molar-refractivity contribution in [2.75, 3.05) is 40.9 Å². The van der Waals surface area contributed by atoms with E-state index < -0.39 is 0 Å². The molecular formula is C30H58N6S. The first-order valence-corrected chi connectivity index (χ1v) is 16.9. The monoisotopic (exact) mass is 534 g/mol. The lowest BCUT2D eigenvalue weighted by Gasteiger charge is -2.39. The lowest BCUT2D eigenvalue weighted by atomic mass is 10.1. The van der Waals surface area contributed by atoms with Gasteiger partial charge in [0.15, 0.2) is 0 Å². The van der Waals surface area contributed by atoms with Crippen molar-refractivity contribution in [2.24, 2.45) is 0 Å². The van der Waals surface area contributed by atoms with E-state index in [9.17, 15) is 0 Å². The summed E-state index contributed by atoms with van der Waals surface area (Å²) >= 11 is 2.07. The van der Waals surface area contributed by atoms with Crippen molar-refractivity contribution < 1.29 is 0 Å². The van der Waals surface area contributed by atoms with Crippen molar-refractivity contribution in [3.8, 4) is 0 Å². The predicted octanol–water partition coefficient (Wildman–Crippen LogP) is 8.70. The summed E-state index contributed by atoms with van der Waals surface area (Å²) in [4.78, 5) is 17.0. The molecule has 1 fully saturated rings. The number of hydrogen-bond donors (Lipinski definition) is 2. The molecule has 1 aromatic heterocycles. The van der Waals surface area contributed by atoms with Crippen LogP contribution in [0.3, 0.4) is 0 Å². The van der Waals surface area contributed by atoms with Crippen LogP contribution in [0.2, 0.25) is 0 Å². The molecule has 0 bridgehead atoms. The SMILES string of the molecule is CCCCCCCCCCNc1nc(NCCCCCCCCCC)nc(N2CCSC(C)C2CC)n1. The zero-order chi connectivity index (χ0) is 26.6. The number of nitrogens with zero attached hydrogens (tertiary/aromatic N) is 4. The normalized spacial score (nSPS) is 17.8. The Morgan fingerprint density at radius 3 is 1.59 bits per heavy atom. The van der Waals surface area contributed by atoms with Crippen LogP contribution in [0.4, 0.5) is 17.8 Å². The lowest BCUT2D eigenvalue weighted by molar-refractivity contribution is 0.554. The molecule has 1 aliphatic rings. The van der Waals surface area contributed by atoms with Crippen LogP contribution < -0.4 is 15.5 Å². The Kier molecular flexibility index (Phi) is 17.9. The second-order valence-corrected chi connectivity index (χ2v) is 12.3. The molecule has 0 saturated carbocycles. The number of rotatable bonds is 22. The molecular weight excluding hydrogens is 476 g/mol. The molecule has 2 N–H and O–H groups in total. The van der Waals surface area contributed by atoms with Crippen molar-refractivity contribution in [3.05, 3.63) is 0 Å². The van der Waals surface area contributed by atoms with E-state index in [-0.39, 0.29) is 0 Å². The molecule has 0 amide bonds. The maximum Gasteiger partial charge on any atom is 0.232 e. The molecule has 7 heteroatoms. The Balaban J connectivity index is 1.86. The Hall–Kier alpha value is -1.24. The summed E-state index contributed by atoms with van der Waals surface area (Å²) in [6.07, 6.45) is 22.4. The fraction of sp³-hybridized carbons (Fsp3) is 0.900. The maximum atomic E-state index is 4.89. The quantitative estimate of drug-likeness (QED) is 0.144. The summed E-state index contributed by atoms with van der Waals surface area (Å²) in [5, 5.41) is 7.64. The van der Waals surface area contributed by atoms with Gasteiger partial charge in [-0.1, -0.05) is 118 Å². The predicted molar refractivity (Wildman–Crippen MR) is 165 cm³/mol. The second-order valence-electron chi connectivity index (χ2n) is 10.8. The minimum absolute atomic E-state index is 0.474. The highest BCUT2D eigenvalue weighted by Gasteiger charge is 2.30. The van der Waals surface area contributed by atoms with Crippen LogP contribution in [0.1, 0.15) is 137 Å². The van der Waals surface area contributed by atoms with Crippen molar-refractivity contribution >= 4 is 29.6 Å². The largest absolute Gasteiger partial charge is 0.354 e. The fourth-order valence-corrected chi connectivity index (χ4v) is 6.47. The van der Waals surface area contributed by atoms with Gasteiger partial charge in [0.2, 0.25) is 17.8 Å². The van der Waals surface area contributed by atoms with Gasteiger partial charge in [-0.3, -0.25) is 0 Å². The van der Waals surface area contributed by atoms with Crippen molar-refractivity contribution in [1.82, 2.24) is 15.0 Å². The molecule has 214 valence electrons. The van der Waals surface area contributed by atoms with E-state index in [1.807, 2.05) is 0 Å². The summed E-state index contributed by atoms with van der Waals surface area (Å²) in [6, 6.07) is 0.474. The van der Waals surface area contributed by atoms with Gasteiger partial charge < -0.3 is 15.5 Å². The average Bonchev–Trinajstić information content (AvgIpc) is 2.91. The zero-order valence-electron chi connectivity index (χ0n) is 24.7. The summed E-state index contributed by atoms with van der Waals surface area (Å²) in [5.74, 6) is 3.43. The Morgan fingerprint density at radius 1 is 0.676 bits per heavy atom. The van der Waals surface area contributed by atoms with Crippen molar-refractivity contribution in [3.63, 3.8) is 0 Å². The van der Waals surface area contributed by atoms with E-state index in [0.29, 0.717) is 11.3 Å². The molecule has 0 aromatic carbocycles. The molecule has 2 atom stereocenters. The van der Waals surface area contributed by atoms with E-state index in [0.717, 1.165) is 49.7 Å². The highest BCUT2D eigenvalue weighted by atomic mass is 32.2. The van der Waals surface area contributed by atoms with Crippen LogP contribution in [0.5, 0.6) is 0 Å². The number of nitrogens with one attached hydrogen (secondary N) is 2. The number of hydrogen-bond acceptors (Lipinski definition) is 7. The van der Waals surface area contributed by atoms with Gasteiger partial charge in [-0.15, -0.1) is 0 Å². The highest BCUT2D eigenvalue weighted by Crippen LogP contribution is 2.30. The maximum absolute atomic E-state index is 4.89. The molecule has 37 heavy (non-hydrogen) atoms. The summed E-state index contributed by atoms with van der Waals surface area (Å²) in [6.45, 7) is 12.1. The van der Waals surface area contributed by atoms with Crippen LogP contribution in [0.15, 0.2) is 0 Å². The molecule has 2 heterocycles. The van der Waals surface area contributed by atoms with E-state index in [1.54, 1.807) is 0 Å². The summed E-state index contributed by atoms with van der Waals surface area (Å²) in [5.41, 5.74) is 0. The van der Waals surface area contributed by atoms with E-state index in [2.05, 4.69) is 55.0 Å². The third kappa shape index (κ3) is 13.4. The topological polar surface area (TPSA) is 66.0 Å². The fourth-order valence-electron chi connectivity index (χ4n) is 5.24. The Labute approximate surface area is 233 Å². The van der Waals surface area contributed by atoms with Crippen LogP contribution >= 0.6 is 11.8 Å². The van der Waals surface area contributed by atoms with Crippen molar-refractivity contribution in [2.45, 2.75) is 148 Å². The van der Waals surface area contributed by atoms with Crippen LogP contribution in [-0.2, 0) is 0 Å². The number of thioether (sulfide) groups is 1. The van der Waals surface area contributed by atoms with Gasteiger partial charge in [-0.25, -0.2) is 0 Å². The molecule has 0 radical (unpaired) electrons. The number of unbranched alkanes of at least 4 members (excludes halogenated alkanes) is 14. The number of aromatic nitrogens is 3. The van der Waals surface area contributed by atoms with Crippen LogP contribution in [0, 0.1) is 0 Å². The van der Waals surface area contributed by atoms with Gasteiger partial charge in [-0.05, 0) is 19.3 Å². The van der Waals surface area contributed by atoms with Gasteiger partial charge in [0.1, 0.15) is 0 Å². The number of anilines is 3. The molecule has 1 aliphatic heterocycles. The van der Waals surface area contributed by atoms with E-state index in [1.165, 1.54) is 103 Å². The molecule has 0 spiro atoms. The first-order chi connectivity index (χ1) is 18.2. The zero-order valence-corrected chi connectivity index (χ0v) is 25.5. The second kappa shape index (κ2) is 20.7. The van der Waals surface area contributed by atoms with Gasteiger partial charge in [-0.2, -0.15) is 26.7 Å². The Bertz CT molecular complexity index is 648. The molecule has 2 rings (SSSR count). The minimum Gasteiger partial charge on any atom is -0.354 e. The molecule has 1 aromatic rings. The molecule has 2 unspecified atom stereocenters. The highest BCUT2D eigenvalue weighted by molar-refractivity contribution is 8.00. The van der Waals surface area contributed by atoms with E-state index >= 15 is 0 Å². The van der Waals surface area contributed by atoms with E-state index in [4.69, 9.17) is 15.0 Å². The standard InChI is InChI=1S/C30H58N6S/c1-5-8-10-12-14-16-18-20-22-31-28-33-29(32-23-21-19-17-15-13-11-9-6-2)35-30(34-28)36-24-25-37-26(4)27(36)7-3/h26-27H,5-25H2,1-4H3,(H2,31,32,33,34,35). The lowest BCUT2D eigenvalue weighted by Crippen LogP contribution is -2.47. The van der Waals surface area contributed by atoms with Crippen LogP contribution in [-0.4, -0.2) is 51.6 Å².